The third-order valence-corrected chi connectivity index (χ3v) is 7.96. The number of rotatable bonds is 7. The molecule has 0 aliphatic rings. The first-order chi connectivity index (χ1) is 16.1. The molecule has 0 fully saturated rings. The second-order valence-electron chi connectivity index (χ2n) is 7.09. The number of nitrogens with zero attached hydrogens (tertiary/aromatic N) is 4. The van der Waals surface area contributed by atoms with Gasteiger partial charge in [-0.1, -0.05) is 12.1 Å². The Kier molecular flexibility index (Phi) is 5.99. The van der Waals surface area contributed by atoms with Crippen molar-refractivity contribution in [1.82, 2.24) is 30.3 Å². The third kappa shape index (κ3) is 4.56. The van der Waals surface area contributed by atoms with Crippen molar-refractivity contribution < 1.29 is 4.79 Å². The molecule has 2 N–H and O–H groups in total. The monoisotopic (exact) mass is 494 g/mol. The van der Waals surface area contributed by atoms with Gasteiger partial charge in [0.25, 0.3) is 11.5 Å². The van der Waals surface area contributed by atoms with E-state index in [0.29, 0.717) is 11.4 Å². The van der Waals surface area contributed by atoms with E-state index in [4.69, 9.17) is 0 Å². The van der Waals surface area contributed by atoms with Crippen LogP contribution in [0, 0.1) is 6.92 Å². The van der Waals surface area contributed by atoms with E-state index in [1.54, 1.807) is 46.1 Å². The number of H-pyrrole nitrogens is 1. The van der Waals surface area contributed by atoms with Crippen molar-refractivity contribution in [3.8, 4) is 31.0 Å². The van der Waals surface area contributed by atoms with Crippen molar-refractivity contribution in [2.75, 3.05) is 6.54 Å². The molecule has 0 aliphatic carbocycles. The Balaban J connectivity index is 1.27. The maximum atomic E-state index is 12.4. The van der Waals surface area contributed by atoms with Crippen molar-refractivity contribution in [1.29, 1.82) is 0 Å². The summed E-state index contributed by atoms with van der Waals surface area (Å²) in [6.07, 6.45) is 0. The van der Waals surface area contributed by atoms with Crippen molar-refractivity contribution in [2.45, 2.75) is 13.5 Å². The predicted molar refractivity (Wildman–Crippen MR) is 132 cm³/mol. The summed E-state index contributed by atoms with van der Waals surface area (Å²) in [6, 6.07) is 12.8. The molecule has 0 saturated heterocycles. The lowest BCUT2D eigenvalue weighted by molar-refractivity contribution is 0.0946. The van der Waals surface area contributed by atoms with Gasteiger partial charge in [0.15, 0.2) is 5.69 Å². The van der Waals surface area contributed by atoms with Crippen LogP contribution in [0.25, 0.3) is 31.0 Å². The highest BCUT2D eigenvalue weighted by molar-refractivity contribution is 7.23. The third-order valence-electron chi connectivity index (χ3n) is 4.83. The second kappa shape index (κ2) is 9.22. The van der Waals surface area contributed by atoms with E-state index in [1.807, 2.05) is 41.9 Å². The number of aromatic nitrogens is 5. The molecule has 33 heavy (non-hydrogen) atoms. The Morgan fingerprint density at radius 3 is 2.67 bits per heavy atom. The van der Waals surface area contributed by atoms with Crippen LogP contribution in [-0.2, 0) is 6.54 Å². The molecule has 0 bridgehead atoms. The van der Waals surface area contributed by atoms with Crippen LogP contribution in [0.15, 0.2) is 58.0 Å². The lowest BCUT2D eigenvalue weighted by Crippen LogP contribution is -2.32. The van der Waals surface area contributed by atoms with Crippen molar-refractivity contribution in [2.24, 2.45) is 0 Å². The molecule has 0 atom stereocenters. The van der Waals surface area contributed by atoms with Gasteiger partial charge < -0.3 is 5.32 Å². The number of hydrogen-bond acceptors (Lipinski definition) is 8. The van der Waals surface area contributed by atoms with Gasteiger partial charge in [-0.25, -0.2) is 9.67 Å². The quantitative estimate of drug-likeness (QED) is 0.351. The molecule has 0 aromatic carbocycles. The van der Waals surface area contributed by atoms with Crippen LogP contribution >= 0.6 is 34.0 Å². The average molecular weight is 495 g/mol. The smallest absolute Gasteiger partial charge is 0.271 e. The second-order valence-corrected chi connectivity index (χ2v) is 9.99. The van der Waals surface area contributed by atoms with Crippen molar-refractivity contribution in [3.05, 3.63) is 75.0 Å². The van der Waals surface area contributed by atoms with Crippen molar-refractivity contribution in [3.63, 3.8) is 0 Å². The summed E-state index contributed by atoms with van der Waals surface area (Å²) < 4.78 is 1.36. The summed E-state index contributed by atoms with van der Waals surface area (Å²) in [4.78, 5) is 32.5. The predicted octanol–water partition coefficient (Wildman–Crippen LogP) is 4.29. The molecule has 8 nitrogen and oxygen atoms in total. The molecule has 0 unspecified atom stereocenters. The summed E-state index contributed by atoms with van der Waals surface area (Å²) in [5.41, 5.74) is 2.42. The van der Waals surface area contributed by atoms with Gasteiger partial charge in [-0.2, -0.15) is 10.2 Å². The number of aromatic amines is 1. The summed E-state index contributed by atoms with van der Waals surface area (Å²) >= 11 is 4.76. The fourth-order valence-corrected chi connectivity index (χ4v) is 5.75. The molecular weight excluding hydrogens is 476 g/mol. The molecule has 1 amide bonds. The largest absolute Gasteiger partial charge is 0.349 e. The highest BCUT2D eigenvalue weighted by Gasteiger charge is 2.15. The minimum absolute atomic E-state index is 0.228. The van der Waals surface area contributed by atoms with E-state index in [1.165, 1.54) is 10.7 Å². The number of amides is 1. The van der Waals surface area contributed by atoms with E-state index in [9.17, 15) is 9.59 Å². The molecule has 5 heterocycles. The van der Waals surface area contributed by atoms with Gasteiger partial charge in [0, 0.05) is 12.6 Å². The molecule has 5 rings (SSSR count). The number of aryl methyl sites for hydroxylation is 1. The number of nitrogens with one attached hydrogen (secondary N) is 2. The Hall–Kier alpha value is -3.41. The summed E-state index contributed by atoms with van der Waals surface area (Å²) in [7, 11) is 0. The van der Waals surface area contributed by atoms with Gasteiger partial charge in [0.05, 0.1) is 32.6 Å². The lowest BCUT2D eigenvalue weighted by atomic mass is 10.3. The topological polar surface area (TPSA) is 106 Å². The zero-order chi connectivity index (χ0) is 22.8. The van der Waals surface area contributed by atoms with Crippen LogP contribution in [-0.4, -0.2) is 37.4 Å². The fraction of sp³-hybridized carbons (Fsp3) is 0.136. The molecule has 5 aromatic heterocycles. The summed E-state index contributed by atoms with van der Waals surface area (Å²) in [5.74, 6) is -0.308. The van der Waals surface area contributed by atoms with Crippen LogP contribution in [0.1, 0.15) is 16.2 Å². The van der Waals surface area contributed by atoms with Crippen LogP contribution < -0.4 is 10.9 Å². The minimum Gasteiger partial charge on any atom is -0.349 e. The van der Waals surface area contributed by atoms with Gasteiger partial charge in [0.2, 0.25) is 0 Å². The van der Waals surface area contributed by atoms with Crippen LogP contribution in [0.2, 0.25) is 0 Å². The van der Waals surface area contributed by atoms with Gasteiger partial charge in [0.1, 0.15) is 10.7 Å². The Labute approximate surface area is 200 Å². The normalized spacial score (nSPS) is 11.1. The molecule has 11 heteroatoms. The number of carbonyl (C=O) groups is 1. The molecular formula is C22H18N6O2S3. The highest BCUT2D eigenvalue weighted by atomic mass is 32.1. The number of thiazole rings is 1. The molecule has 5 aromatic rings. The first-order valence-electron chi connectivity index (χ1n) is 10.1. The zero-order valence-electron chi connectivity index (χ0n) is 17.4. The van der Waals surface area contributed by atoms with E-state index >= 15 is 0 Å². The summed E-state index contributed by atoms with van der Waals surface area (Å²) in [5, 5.41) is 19.2. The maximum absolute atomic E-state index is 12.4. The van der Waals surface area contributed by atoms with E-state index in [-0.39, 0.29) is 24.6 Å². The first-order valence-corrected chi connectivity index (χ1v) is 12.6. The minimum atomic E-state index is -0.308. The Morgan fingerprint density at radius 2 is 1.91 bits per heavy atom. The molecule has 0 saturated carbocycles. The lowest BCUT2D eigenvalue weighted by Gasteiger charge is -2.07. The molecule has 0 radical (unpaired) electrons. The van der Waals surface area contributed by atoms with Crippen LogP contribution in [0.3, 0.4) is 0 Å². The van der Waals surface area contributed by atoms with E-state index in [2.05, 4.69) is 25.6 Å². The van der Waals surface area contributed by atoms with E-state index < -0.39 is 0 Å². The average Bonchev–Trinajstić information content (AvgIpc) is 3.61. The number of hydrogen-bond donors (Lipinski definition) is 2. The van der Waals surface area contributed by atoms with Crippen molar-refractivity contribution >= 4 is 39.9 Å². The van der Waals surface area contributed by atoms with Gasteiger partial charge in [-0.05, 0) is 41.9 Å². The molecule has 0 spiro atoms. The van der Waals surface area contributed by atoms with E-state index in [0.717, 1.165) is 31.0 Å². The van der Waals surface area contributed by atoms with Gasteiger partial charge in [-0.3, -0.25) is 14.7 Å². The standard InChI is InChI=1S/C22H18N6O2S3/c1-13-20(33-22(24-13)18-5-3-11-32-18)14-6-7-19(29)28(27-14)9-8-23-21(30)16-12-15(25-26-16)17-4-2-10-31-17/h2-7,10-12H,8-9H2,1H3,(H,23,30)(H,25,26). The van der Waals surface area contributed by atoms with Crippen LogP contribution in [0.4, 0.5) is 0 Å². The fourth-order valence-electron chi connectivity index (χ4n) is 3.23. The SMILES string of the molecule is Cc1nc(-c2cccs2)sc1-c1ccc(=O)n(CCNC(=O)c2cc(-c3cccs3)[nH]n2)n1. The van der Waals surface area contributed by atoms with Gasteiger partial charge in [-0.15, -0.1) is 34.0 Å². The maximum Gasteiger partial charge on any atom is 0.271 e. The first kappa shape index (κ1) is 21.4. The Bertz CT molecular complexity index is 1450. The zero-order valence-corrected chi connectivity index (χ0v) is 19.9. The molecule has 166 valence electrons. The highest BCUT2D eigenvalue weighted by Crippen LogP contribution is 2.35. The van der Waals surface area contributed by atoms with Crippen LogP contribution in [0.5, 0.6) is 0 Å². The Morgan fingerprint density at radius 1 is 1.12 bits per heavy atom. The number of thiophene rings is 2. The summed E-state index contributed by atoms with van der Waals surface area (Å²) in [6.45, 7) is 2.43. The molecule has 0 aliphatic heterocycles. The van der Waals surface area contributed by atoms with Gasteiger partial charge >= 0.3 is 0 Å². The number of carbonyl (C=O) groups excluding carboxylic acids is 1.